The maximum Gasteiger partial charge on any atom is 0.164 e. The molecule has 4 rings (SSSR count). The number of Topliss-reactive ketones (excluding diaryl/α,β-unsaturated/α-hetero) is 1. The molecule has 0 heterocycles. The highest BCUT2D eigenvalue weighted by Gasteiger charge is 2.59. The van der Waals surface area contributed by atoms with Crippen molar-refractivity contribution in [1.29, 1.82) is 0 Å². The Morgan fingerprint density at radius 2 is 1.44 bits per heavy atom. The number of hydrogen-bond acceptors (Lipinski definition) is 1. The molecule has 4 aliphatic rings. The third-order valence-electron chi connectivity index (χ3n) is 6.32. The van der Waals surface area contributed by atoms with Crippen LogP contribution >= 0.6 is 0 Å². The van der Waals surface area contributed by atoms with E-state index in [1.54, 1.807) is 0 Å². The summed E-state index contributed by atoms with van der Waals surface area (Å²) in [6, 6.07) is 0. The Kier molecular flexibility index (Phi) is 2.56. The van der Waals surface area contributed by atoms with Crippen molar-refractivity contribution >= 4 is 5.78 Å². The van der Waals surface area contributed by atoms with Crippen LogP contribution in [0.1, 0.15) is 59.3 Å². The summed E-state index contributed by atoms with van der Waals surface area (Å²) in [4.78, 5) is 12.6. The van der Waals surface area contributed by atoms with Gasteiger partial charge < -0.3 is 0 Å². The quantitative estimate of drug-likeness (QED) is 0.676. The summed E-state index contributed by atoms with van der Waals surface area (Å²) in [7, 11) is 0. The molecule has 0 atom stereocenters. The molecular weight excluding hydrogens is 220 g/mol. The van der Waals surface area contributed by atoms with Crippen LogP contribution in [0.3, 0.4) is 0 Å². The molecule has 0 aliphatic heterocycles. The standard InChI is InChI=1S/C17H26O/c1-11(2)15(18)16(3,4)17-8-12-5-13(9-17)7-14(6-12)10-17/h12-14H,1,5-10H2,2-4H3. The molecule has 4 bridgehead atoms. The van der Waals surface area contributed by atoms with Gasteiger partial charge in [0.25, 0.3) is 0 Å². The first-order valence-corrected chi connectivity index (χ1v) is 7.54. The average molecular weight is 246 g/mol. The van der Waals surface area contributed by atoms with E-state index in [4.69, 9.17) is 0 Å². The molecule has 4 saturated carbocycles. The van der Waals surface area contributed by atoms with Crippen molar-refractivity contribution in [3.8, 4) is 0 Å². The molecule has 0 spiro atoms. The van der Waals surface area contributed by atoms with Gasteiger partial charge in [0.15, 0.2) is 5.78 Å². The van der Waals surface area contributed by atoms with Crippen molar-refractivity contribution in [2.75, 3.05) is 0 Å². The van der Waals surface area contributed by atoms with E-state index >= 15 is 0 Å². The molecule has 4 fully saturated rings. The maximum absolute atomic E-state index is 12.6. The van der Waals surface area contributed by atoms with Crippen molar-refractivity contribution in [3.05, 3.63) is 12.2 Å². The Morgan fingerprint density at radius 1 is 1.06 bits per heavy atom. The van der Waals surface area contributed by atoms with Gasteiger partial charge in [0, 0.05) is 5.41 Å². The fraction of sp³-hybridized carbons (Fsp3) is 0.824. The molecule has 0 aromatic carbocycles. The van der Waals surface area contributed by atoms with E-state index in [-0.39, 0.29) is 10.8 Å². The SMILES string of the molecule is C=C(C)C(=O)C(C)(C)C12CC3CC(CC(C3)C1)C2. The van der Waals surface area contributed by atoms with Crippen LogP contribution in [0, 0.1) is 28.6 Å². The Bertz CT molecular complexity index is 367. The molecule has 100 valence electrons. The highest BCUT2D eigenvalue weighted by molar-refractivity contribution is 5.99. The highest BCUT2D eigenvalue weighted by atomic mass is 16.1. The van der Waals surface area contributed by atoms with E-state index in [2.05, 4.69) is 20.4 Å². The van der Waals surface area contributed by atoms with Crippen LogP contribution in [0.5, 0.6) is 0 Å². The van der Waals surface area contributed by atoms with Gasteiger partial charge >= 0.3 is 0 Å². The van der Waals surface area contributed by atoms with Crippen molar-refractivity contribution in [1.82, 2.24) is 0 Å². The summed E-state index contributed by atoms with van der Waals surface area (Å²) < 4.78 is 0. The molecule has 1 nitrogen and oxygen atoms in total. The molecule has 0 aromatic heterocycles. The number of carbonyl (C=O) groups excluding carboxylic acids is 1. The lowest BCUT2D eigenvalue weighted by Crippen LogP contribution is -2.55. The van der Waals surface area contributed by atoms with Gasteiger partial charge in [-0.05, 0) is 74.2 Å². The predicted molar refractivity (Wildman–Crippen MR) is 74.2 cm³/mol. The first kappa shape index (κ1) is 12.4. The molecule has 0 saturated heterocycles. The fourth-order valence-electron chi connectivity index (χ4n) is 5.65. The van der Waals surface area contributed by atoms with Gasteiger partial charge in [-0.1, -0.05) is 20.4 Å². The lowest BCUT2D eigenvalue weighted by molar-refractivity contribution is -0.150. The van der Waals surface area contributed by atoms with Gasteiger partial charge in [-0.15, -0.1) is 0 Å². The first-order chi connectivity index (χ1) is 8.34. The lowest BCUT2D eigenvalue weighted by atomic mass is 9.42. The van der Waals surface area contributed by atoms with Gasteiger partial charge in [0.05, 0.1) is 0 Å². The Balaban J connectivity index is 1.95. The zero-order valence-corrected chi connectivity index (χ0v) is 12.1. The Hall–Kier alpha value is -0.590. The minimum absolute atomic E-state index is 0.200. The normalized spacial score (nSPS) is 42.1. The van der Waals surface area contributed by atoms with Crippen LogP contribution in [0.4, 0.5) is 0 Å². The fourth-order valence-corrected chi connectivity index (χ4v) is 5.65. The highest BCUT2D eigenvalue weighted by Crippen LogP contribution is 2.66. The number of hydrogen-bond donors (Lipinski definition) is 0. The van der Waals surface area contributed by atoms with Crippen molar-refractivity contribution in [2.45, 2.75) is 59.3 Å². The van der Waals surface area contributed by atoms with Crippen molar-refractivity contribution in [2.24, 2.45) is 28.6 Å². The van der Waals surface area contributed by atoms with Crippen LogP contribution in [0.15, 0.2) is 12.2 Å². The van der Waals surface area contributed by atoms with Crippen LogP contribution < -0.4 is 0 Å². The number of rotatable bonds is 3. The van der Waals surface area contributed by atoms with E-state index in [0.717, 1.165) is 23.3 Å². The molecule has 0 amide bonds. The summed E-state index contributed by atoms with van der Waals surface area (Å²) in [5.41, 5.74) is 0.836. The molecular formula is C17H26O. The second-order valence-corrected chi connectivity index (χ2v) is 7.93. The summed E-state index contributed by atoms with van der Waals surface area (Å²) in [6.45, 7) is 10.2. The van der Waals surface area contributed by atoms with Gasteiger partial charge in [-0.3, -0.25) is 4.79 Å². The van der Waals surface area contributed by atoms with Crippen molar-refractivity contribution < 1.29 is 4.79 Å². The van der Waals surface area contributed by atoms with E-state index in [0.29, 0.717) is 5.78 Å². The summed E-state index contributed by atoms with van der Waals surface area (Å²) in [6.07, 6.45) is 8.21. The van der Waals surface area contributed by atoms with Crippen molar-refractivity contribution in [3.63, 3.8) is 0 Å². The Morgan fingerprint density at radius 3 is 1.78 bits per heavy atom. The number of carbonyl (C=O) groups is 1. The maximum atomic E-state index is 12.6. The van der Waals surface area contributed by atoms with Crippen LogP contribution in [0.25, 0.3) is 0 Å². The van der Waals surface area contributed by atoms with Gasteiger partial charge in [-0.25, -0.2) is 0 Å². The monoisotopic (exact) mass is 246 g/mol. The van der Waals surface area contributed by atoms with E-state index in [9.17, 15) is 4.79 Å². The molecule has 0 unspecified atom stereocenters. The Labute approximate surface area is 111 Å². The minimum atomic E-state index is -0.200. The molecule has 1 heteroatoms. The van der Waals surface area contributed by atoms with Gasteiger partial charge in [0.2, 0.25) is 0 Å². The summed E-state index contributed by atoms with van der Waals surface area (Å²) in [5.74, 6) is 3.04. The zero-order valence-electron chi connectivity index (χ0n) is 12.1. The van der Waals surface area contributed by atoms with Crippen LogP contribution in [0.2, 0.25) is 0 Å². The molecule has 0 aromatic rings. The lowest BCUT2D eigenvalue weighted by Gasteiger charge is -2.62. The summed E-state index contributed by atoms with van der Waals surface area (Å²) in [5, 5.41) is 0. The second kappa shape index (κ2) is 3.71. The molecule has 0 radical (unpaired) electrons. The molecule has 0 N–H and O–H groups in total. The largest absolute Gasteiger partial charge is 0.294 e. The molecule has 4 aliphatic carbocycles. The predicted octanol–water partition coefficient (Wildman–Crippen LogP) is 4.37. The smallest absolute Gasteiger partial charge is 0.164 e. The zero-order chi connectivity index (χ0) is 13.1. The van der Waals surface area contributed by atoms with E-state index in [1.807, 2.05) is 6.92 Å². The molecule has 18 heavy (non-hydrogen) atoms. The third-order valence-corrected chi connectivity index (χ3v) is 6.32. The van der Waals surface area contributed by atoms with Gasteiger partial charge in [0.1, 0.15) is 0 Å². The third kappa shape index (κ3) is 1.55. The van der Waals surface area contributed by atoms with E-state index < -0.39 is 0 Å². The first-order valence-electron chi connectivity index (χ1n) is 7.54. The summed E-state index contributed by atoms with van der Waals surface area (Å²) >= 11 is 0. The average Bonchev–Trinajstić information content (AvgIpc) is 2.25. The van der Waals surface area contributed by atoms with Gasteiger partial charge in [-0.2, -0.15) is 0 Å². The number of allylic oxidation sites excluding steroid dienone is 1. The second-order valence-electron chi connectivity index (χ2n) is 7.93. The minimum Gasteiger partial charge on any atom is -0.294 e. The van der Waals surface area contributed by atoms with Crippen LogP contribution in [-0.4, -0.2) is 5.78 Å². The van der Waals surface area contributed by atoms with Crippen LogP contribution in [-0.2, 0) is 4.79 Å². The van der Waals surface area contributed by atoms with E-state index in [1.165, 1.54) is 38.5 Å². The topological polar surface area (TPSA) is 17.1 Å². The number of ketones is 1.